The Morgan fingerprint density at radius 1 is 1.00 bits per heavy atom. The maximum atomic E-state index is 3.61. The van der Waals surface area contributed by atoms with E-state index >= 15 is 0 Å². The van der Waals surface area contributed by atoms with E-state index in [4.69, 9.17) is 0 Å². The van der Waals surface area contributed by atoms with Gasteiger partial charge in [0.05, 0.1) is 0 Å². The maximum Gasteiger partial charge on any atom is -0.0166 e. The number of rotatable bonds is 3. The molecule has 0 bridgehead atoms. The van der Waals surface area contributed by atoms with Gasteiger partial charge in [0.2, 0.25) is 0 Å². The molecule has 1 aromatic carbocycles. The Labute approximate surface area is 87.3 Å². The molecule has 1 aromatic rings. The first-order valence-corrected chi connectivity index (χ1v) is 4.71. The molecule has 0 fully saturated rings. The molecule has 0 aliphatic rings. The molecule has 0 atom stereocenters. The predicted octanol–water partition coefficient (Wildman–Crippen LogP) is 4.38. The van der Waals surface area contributed by atoms with Crippen LogP contribution in [-0.4, -0.2) is 0 Å². The molecule has 0 heterocycles. The second-order valence-corrected chi connectivity index (χ2v) is 2.83. The van der Waals surface area contributed by atoms with E-state index in [9.17, 15) is 0 Å². The van der Waals surface area contributed by atoms with Crippen molar-refractivity contribution in [2.24, 2.45) is 0 Å². The average Bonchev–Trinajstić information content (AvgIpc) is 2.29. The van der Waals surface area contributed by atoms with Gasteiger partial charge in [0.25, 0.3) is 0 Å². The summed E-state index contributed by atoms with van der Waals surface area (Å²) in [6.45, 7) is 9.22. The summed E-state index contributed by atoms with van der Waals surface area (Å²) < 4.78 is 0. The van der Waals surface area contributed by atoms with E-state index in [0.29, 0.717) is 0 Å². The van der Waals surface area contributed by atoms with Crippen LogP contribution in [0.25, 0.3) is 0 Å². The van der Waals surface area contributed by atoms with Crippen molar-refractivity contribution in [2.75, 3.05) is 0 Å². The van der Waals surface area contributed by atoms with Gasteiger partial charge in [-0.15, -0.1) is 6.58 Å². The quantitative estimate of drug-likeness (QED) is 0.485. The van der Waals surface area contributed by atoms with Crippen LogP contribution < -0.4 is 0 Å². The van der Waals surface area contributed by atoms with Crippen molar-refractivity contribution in [1.29, 1.82) is 0 Å². The summed E-state index contributed by atoms with van der Waals surface area (Å²) in [6.07, 6.45) is 6.73. The first-order valence-electron chi connectivity index (χ1n) is 4.71. The van der Waals surface area contributed by atoms with Gasteiger partial charge in [0.1, 0.15) is 0 Å². The summed E-state index contributed by atoms with van der Waals surface area (Å²) in [5, 5.41) is 0. The highest BCUT2D eigenvalue weighted by Crippen LogP contribution is 1.94. The second-order valence-electron chi connectivity index (χ2n) is 2.83. The standard InChI is InChI=1S/C8H12.C6H6/c1-4-6-7-8(3)5-2;1-2-4-6-5-3-1/h4-5,7H,1-2,6H2,3H3;1-6H/b8-7-;. The minimum absolute atomic E-state index is 0.942. The highest BCUT2D eigenvalue weighted by atomic mass is 13.8. The minimum atomic E-state index is 0.942. The summed E-state index contributed by atoms with van der Waals surface area (Å²) in [5.41, 5.74) is 1.21. The van der Waals surface area contributed by atoms with Crippen molar-refractivity contribution in [1.82, 2.24) is 0 Å². The lowest BCUT2D eigenvalue weighted by molar-refractivity contribution is 1.34. The fourth-order valence-corrected chi connectivity index (χ4v) is 0.737. The predicted molar refractivity (Wildman–Crippen MR) is 65.2 cm³/mol. The van der Waals surface area contributed by atoms with Gasteiger partial charge in [0, 0.05) is 0 Å². The van der Waals surface area contributed by atoms with E-state index in [0.717, 1.165) is 6.42 Å². The third-order valence-corrected chi connectivity index (χ3v) is 1.60. The summed E-state index contributed by atoms with van der Waals surface area (Å²) in [6, 6.07) is 12.0. The van der Waals surface area contributed by atoms with Crippen molar-refractivity contribution in [3.05, 3.63) is 73.4 Å². The molecule has 1 rings (SSSR count). The summed E-state index contributed by atoms with van der Waals surface area (Å²) in [7, 11) is 0. The van der Waals surface area contributed by atoms with E-state index in [-0.39, 0.29) is 0 Å². The lowest BCUT2D eigenvalue weighted by Gasteiger charge is -1.84. The Hall–Kier alpha value is -1.56. The van der Waals surface area contributed by atoms with Crippen molar-refractivity contribution in [3.63, 3.8) is 0 Å². The molecular weight excluding hydrogens is 168 g/mol. The molecule has 0 aliphatic carbocycles. The summed E-state index contributed by atoms with van der Waals surface area (Å²) in [5.74, 6) is 0. The van der Waals surface area contributed by atoms with Gasteiger partial charge in [0.15, 0.2) is 0 Å². The number of hydrogen-bond donors (Lipinski definition) is 0. The van der Waals surface area contributed by atoms with Crippen LogP contribution in [0.2, 0.25) is 0 Å². The van der Waals surface area contributed by atoms with Gasteiger partial charge in [-0.2, -0.15) is 0 Å². The number of allylic oxidation sites excluding steroid dienone is 4. The molecule has 0 aromatic heterocycles. The molecule has 0 saturated carbocycles. The first kappa shape index (κ1) is 12.4. The highest BCUT2D eigenvalue weighted by molar-refractivity contribution is 5.13. The summed E-state index contributed by atoms with van der Waals surface area (Å²) in [4.78, 5) is 0. The Morgan fingerprint density at radius 3 is 1.71 bits per heavy atom. The normalized spacial score (nSPS) is 9.64. The van der Waals surface area contributed by atoms with E-state index in [1.54, 1.807) is 0 Å². The third kappa shape index (κ3) is 8.54. The van der Waals surface area contributed by atoms with E-state index in [1.807, 2.05) is 55.5 Å². The van der Waals surface area contributed by atoms with Crippen molar-refractivity contribution in [2.45, 2.75) is 13.3 Å². The van der Waals surface area contributed by atoms with Crippen LogP contribution in [0.4, 0.5) is 0 Å². The van der Waals surface area contributed by atoms with Crippen LogP contribution in [-0.2, 0) is 0 Å². The molecule has 0 spiro atoms. The maximum absolute atomic E-state index is 3.61. The number of benzene rings is 1. The van der Waals surface area contributed by atoms with Crippen LogP contribution in [0.5, 0.6) is 0 Å². The molecule has 0 radical (unpaired) electrons. The topological polar surface area (TPSA) is 0 Å². The largest absolute Gasteiger partial charge is 0.103 e. The fraction of sp³-hybridized carbons (Fsp3) is 0.143. The van der Waals surface area contributed by atoms with Gasteiger partial charge in [-0.3, -0.25) is 0 Å². The molecule has 0 amide bonds. The van der Waals surface area contributed by atoms with Crippen molar-refractivity contribution >= 4 is 0 Å². The zero-order valence-corrected chi connectivity index (χ0v) is 8.82. The molecule has 74 valence electrons. The summed E-state index contributed by atoms with van der Waals surface area (Å²) >= 11 is 0. The zero-order chi connectivity index (χ0) is 10.6. The molecule has 0 aliphatic heterocycles. The molecule has 14 heavy (non-hydrogen) atoms. The van der Waals surface area contributed by atoms with Gasteiger partial charge >= 0.3 is 0 Å². The third-order valence-electron chi connectivity index (χ3n) is 1.60. The molecule has 0 saturated heterocycles. The van der Waals surface area contributed by atoms with Crippen LogP contribution in [0.1, 0.15) is 13.3 Å². The zero-order valence-electron chi connectivity index (χ0n) is 8.82. The van der Waals surface area contributed by atoms with Gasteiger partial charge in [-0.1, -0.05) is 66.8 Å². The van der Waals surface area contributed by atoms with Gasteiger partial charge in [-0.25, -0.2) is 0 Å². The molecule has 0 unspecified atom stereocenters. The lowest BCUT2D eigenvalue weighted by Crippen LogP contribution is -1.63. The smallest absolute Gasteiger partial charge is 0.0166 e. The second kappa shape index (κ2) is 9.53. The average molecular weight is 186 g/mol. The Morgan fingerprint density at radius 2 is 1.43 bits per heavy atom. The molecular formula is C14H18. The van der Waals surface area contributed by atoms with E-state index in [1.165, 1.54) is 5.57 Å². The SMILES string of the molecule is C=CC/C=C(/C)C=C.c1ccccc1. The van der Waals surface area contributed by atoms with Gasteiger partial charge in [-0.05, 0) is 13.3 Å². The van der Waals surface area contributed by atoms with Crippen molar-refractivity contribution in [3.8, 4) is 0 Å². The van der Waals surface area contributed by atoms with Gasteiger partial charge < -0.3 is 0 Å². The molecule has 0 nitrogen and oxygen atoms in total. The van der Waals surface area contributed by atoms with Crippen LogP contribution >= 0.6 is 0 Å². The first-order chi connectivity index (χ1) is 6.81. The van der Waals surface area contributed by atoms with Crippen LogP contribution in [0, 0.1) is 0 Å². The van der Waals surface area contributed by atoms with E-state index < -0.39 is 0 Å². The Balaban J connectivity index is 0.000000249. The monoisotopic (exact) mass is 186 g/mol. The molecule has 0 N–H and O–H groups in total. The van der Waals surface area contributed by atoms with Crippen molar-refractivity contribution < 1.29 is 0 Å². The lowest BCUT2D eigenvalue weighted by atomic mass is 10.2. The minimum Gasteiger partial charge on any atom is -0.103 e. The Bertz CT molecular complexity index is 241. The highest BCUT2D eigenvalue weighted by Gasteiger charge is 1.73. The van der Waals surface area contributed by atoms with Crippen LogP contribution in [0.15, 0.2) is 73.4 Å². The van der Waals surface area contributed by atoms with Crippen LogP contribution in [0.3, 0.4) is 0 Å². The number of hydrogen-bond acceptors (Lipinski definition) is 0. The fourth-order valence-electron chi connectivity index (χ4n) is 0.737. The Kier molecular flexibility index (Phi) is 8.47. The van der Waals surface area contributed by atoms with E-state index in [2.05, 4.69) is 19.2 Å². The molecule has 0 heteroatoms.